The monoisotopic (exact) mass is 252 g/mol. The first-order chi connectivity index (χ1) is 8.56. The second-order valence-electron chi connectivity index (χ2n) is 7.13. The first kappa shape index (κ1) is 14.3. The van der Waals surface area contributed by atoms with E-state index in [-0.39, 0.29) is 0 Å². The van der Waals surface area contributed by atoms with Gasteiger partial charge in [0.1, 0.15) is 0 Å². The topological polar surface area (TPSA) is 6.48 Å². The van der Waals surface area contributed by atoms with Crippen molar-refractivity contribution in [2.45, 2.75) is 53.0 Å². The molecular formula is C16H32N2. The van der Waals surface area contributed by atoms with Crippen LogP contribution in [0.15, 0.2) is 0 Å². The third-order valence-corrected chi connectivity index (χ3v) is 5.15. The van der Waals surface area contributed by atoms with Crippen molar-refractivity contribution in [1.82, 2.24) is 9.80 Å². The van der Waals surface area contributed by atoms with Gasteiger partial charge in [0.25, 0.3) is 0 Å². The van der Waals surface area contributed by atoms with Crippen LogP contribution in [0.25, 0.3) is 0 Å². The molecule has 0 amide bonds. The molecule has 2 heteroatoms. The van der Waals surface area contributed by atoms with E-state index in [4.69, 9.17) is 0 Å². The lowest BCUT2D eigenvalue weighted by molar-refractivity contribution is 0.127. The van der Waals surface area contributed by atoms with Crippen LogP contribution in [0.4, 0.5) is 0 Å². The highest BCUT2D eigenvalue weighted by Crippen LogP contribution is 2.26. The lowest BCUT2D eigenvalue weighted by Crippen LogP contribution is -2.41. The molecule has 0 saturated carbocycles. The molecule has 0 aliphatic carbocycles. The number of hydrogen-bond donors (Lipinski definition) is 0. The maximum Gasteiger partial charge on any atom is 0.00385 e. The van der Waals surface area contributed by atoms with Crippen molar-refractivity contribution in [3.8, 4) is 0 Å². The van der Waals surface area contributed by atoms with Crippen LogP contribution in [0.2, 0.25) is 0 Å². The van der Waals surface area contributed by atoms with Crippen LogP contribution in [-0.2, 0) is 0 Å². The second kappa shape index (κ2) is 6.38. The summed E-state index contributed by atoms with van der Waals surface area (Å²) in [7, 11) is 0. The van der Waals surface area contributed by atoms with E-state index in [1.165, 1.54) is 52.0 Å². The predicted octanol–water partition coefficient (Wildman–Crippen LogP) is 3.08. The number of likely N-dealkylation sites (tertiary alicyclic amines) is 2. The quantitative estimate of drug-likeness (QED) is 0.758. The molecule has 106 valence electrons. The van der Waals surface area contributed by atoms with Gasteiger partial charge in [-0.1, -0.05) is 13.8 Å². The van der Waals surface area contributed by atoms with Gasteiger partial charge in [0.2, 0.25) is 0 Å². The van der Waals surface area contributed by atoms with Gasteiger partial charge < -0.3 is 9.80 Å². The van der Waals surface area contributed by atoms with Gasteiger partial charge in [-0.25, -0.2) is 0 Å². The van der Waals surface area contributed by atoms with Gasteiger partial charge in [0, 0.05) is 19.1 Å². The number of hydrogen-bond acceptors (Lipinski definition) is 2. The van der Waals surface area contributed by atoms with Gasteiger partial charge in [0.05, 0.1) is 0 Å². The zero-order chi connectivity index (χ0) is 13.1. The van der Waals surface area contributed by atoms with Crippen LogP contribution in [0.1, 0.15) is 47.0 Å². The molecule has 2 nitrogen and oxygen atoms in total. The molecule has 0 spiro atoms. The molecule has 1 atom stereocenters. The van der Waals surface area contributed by atoms with Crippen molar-refractivity contribution in [2.75, 3.05) is 32.7 Å². The molecule has 0 N–H and O–H groups in total. The molecule has 2 fully saturated rings. The Labute approximate surface area is 114 Å². The van der Waals surface area contributed by atoms with Crippen LogP contribution < -0.4 is 0 Å². The van der Waals surface area contributed by atoms with Gasteiger partial charge in [0.15, 0.2) is 0 Å². The van der Waals surface area contributed by atoms with E-state index in [0.29, 0.717) is 0 Å². The van der Waals surface area contributed by atoms with Crippen molar-refractivity contribution in [2.24, 2.45) is 17.8 Å². The summed E-state index contributed by atoms with van der Waals surface area (Å²) in [4.78, 5) is 5.37. The minimum absolute atomic E-state index is 0.739. The largest absolute Gasteiger partial charge is 0.303 e. The Morgan fingerprint density at radius 1 is 0.944 bits per heavy atom. The summed E-state index contributed by atoms with van der Waals surface area (Å²) in [6.45, 7) is 16.2. The Balaban J connectivity index is 1.69. The molecule has 2 aliphatic rings. The van der Waals surface area contributed by atoms with Gasteiger partial charge in [-0.05, 0) is 70.5 Å². The minimum Gasteiger partial charge on any atom is -0.303 e. The van der Waals surface area contributed by atoms with Gasteiger partial charge >= 0.3 is 0 Å². The second-order valence-corrected chi connectivity index (χ2v) is 7.13. The zero-order valence-electron chi connectivity index (χ0n) is 12.9. The fourth-order valence-electron chi connectivity index (χ4n) is 3.59. The van der Waals surface area contributed by atoms with Crippen molar-refractivity contribution < 1.29 is 0 Å². The molecule has 1 unspecified atom stereocenters. The molecule has 2 saturated heterocycles. The Morgan fingerprint density at radius 3 is 2.11 bits per heavy atom. The summed E-state index contributed by atoms with van der Waals surface area (Å²) in [6, 6.07) is 0.739. The van der Waals surface area contributed by atoms with Gasteiger partial charge in [-0.2, -0.15) is 0 Å². The first-order valence-electron chi connectivity index (χ1n) is 8.02. The molecule has 0 aromatic rings. The molecule has 0 radical (unpaired) electrons. The van der Waals surface area contributed by atoms with Crippen LogP contribution in [0, 0.1) is 17.8 Å². The summed E-state index contributed by atoms with van der Waals surface area (Å²) < 4.78 is 0. The summed E-state index contributed by atoms with van der Waals surface area (Å²) >= 11 is 0. The highest BCUT2D eigenvalue weighted by atomic mass is 15.2. The van der Waals surface area contributed by atoms with E-state index in [0.717, 1.165) is 23.8 Å². The standard InChI is InChI=1S/C16H32N2/c1-13(2)16-7-8-17(12-16)11-15-5-9-18(10-6-15)14(3)4/h13-16H,5-12H2,1-4H3. The van der Waals surface area contributed by atoms with Gasteiger partial charge in [-0.15, -0.1) is 0 Å². The van der Waals surface area contributed by atoms with E-state index in [1.807, 2.05) is 0 Å². The number of piperidine rings is 1. The average molecular weight is 252 g/mol. The molecule has 0 aromatic heterocycles. The van der Waals surface area contributed by atoms with Crippen molar-refractivity contribution in [3.63, 3.8) is 0 Å². The van der Waals surface area contributed by atoms with Crippen molar-refractivity contribution in [1.29, 1.82) is 0 Å². The van der Waals surface area contributed by atoms with Crippen LogP contribution in [0.3, 0.4) is 0 Å². The fourth-order valence-corrected chi connectivity index (χ4v) is 3.59. The highest BCUT2D eigenvalue weighted by Gasteiger charge is 2.28. The van der Waals surface area contributed by atoms with E-state index in [9.17, 15) is 0 Å². The molecular weight excluding hydrogens is 220 g/mol. The Hall–Kier alpha value is -0.0800. The maximum absolute atomic E-state index is 2.74. The lowest BCUT2D eigenvalue weighted by atomic mass is 9.94. The molecule has 0 aromatic carbocycles. The molecule has 18 heavy (non-hydrogen) atoms. The summed E-state index contributed by atoms with van der Waals surface area (Å²) in [5, 5.41) is 0. The summed E-state index contributed by atoms with van der Waals surface area (Å²) in [6.07, 6.45) is 4.27. The molecule has 0 bridgehead atoms. The van der Waals surface area contributed by atoms with Crippen LogP contribution in [-0.4, -0.2) is 48.6 Å². The first-order valence-corrected chi connectivity index (χ1v) is 8.02. The Bertz CT molecular complexity index is 241. The normalized spacial score (nSPS) is 28.7. The Morgan fingerprint density at radius 2 is 1.61 bits per heavy atom. The van der Waals surface area contributed by atoms with Crippen LogP contribution in [0.5, 0.6) is 0 Å². The smallest absolute Gasteiger partial charge is 0.00385 e. The predicted molar refractivity (Wildman–Crippen MR) is 78.8 cm³/mol. The van der Waals surface area contributed by atoms with E-state index < -0.39 is 0 Å². The Kier molecular flexibility index (Phi) is 5.08. The zero-order valence-corrected chi connectivity index (χ0v) is 12.9. The lowest BCUT2D eigenvalue weighted by Gasteiger charge is -2.36. The summed E-state index contributed by atoms with van der Waals surface area (Å²) in [5.41, 5.74) is 0. The number of rotatable bonds is 4. The molecule has 2 aliphatic heterocycles. The minimum atomic E-state index is 0.739. The maximum atomic E-state index is 2.74. The van der Waals surface area contributed by atoms with Crippen LogP contribution >= 0.6 is 0 Å². The van der Waals surface area contributed by atoms with E-state index in [1.54, 1.807) is 0 Å². The summed E-state index contributed by atoms with van der Waals surface area (Å²) in [5.74, 6) is 2.80. The van der Waals surface area contributed by atoms with E-state index in [2.05, 4.69) is 37.5 Å². The van der Waals surface area contributed by atoms with Gasteiger partial charge in [-0.3, -0.25) is 0 Å². The third-order valence-electron chi connectivity index (χ3n) is 5.15. The number of nitrogens with zero attached hydrogens (tertiary/aromatic N) is 2. The molecule has 2 rings (SSSR count). The fraction of sp³-hybridized carbons (Fsp3) is 1.00. The van der Waals surface area contributed by atoms with Crippen molar-refractivity contribution >= 4 is 0 Å². The van der Waals surface area contributed by atoms with Crippen molar-refractivity contribution in [3.05, 3.63) is 0 Å². The SMILES string of the molecule is CC(C)C1CCN(CC2CCN(C(C)C)CC2)C1. The third kappa shape index (κ3) is 3.71. The van der Waals surface area contributed by atoms with E-state index >= 15 is 0 Å². The average Bonchev–Trinajstić information content (AvgIpc) is 2.78. The highest BCUT2D eigenvalue weighted by molar-refractivity contribution is 4.82. The molecule has 2 heterocycles.